The van der Waals surface area contributed by atoms with Gasteiger partial charge in [0.05, 0.1) is 16.0 Å². The van der Waals surface area contributed by atoms with E-state index in [1.165, 1.54) is 12.1 Å². The van der Waals surface area contributed by atoms with Gasteiger partial charge in [-0.3, -0.25) is 10.1 Å². The third-order valence-electron chi connectivity index (χ3n) is 3.59. The molecular formula is C17H17N3O3. The van der Waals surface area contributed by atoms with Gasteiger partial charge in [-0.1, -0.05) is 6.07 Å². The molecule has 6 nitrogen and oxygen atoms in total. The third-order valence-corrected chi connectivity index (χ3v) is 3.59. The Morgan fingerprint density at radius 1 is 1.17 bits per heavy atom. The standard InChI is InChI=1S/C17H17N3O3/c1-10-6-11(2)8-14(7-10)23-12(3)17-18-15-5-4-13(20(21)22)9-16(15)19-17/h4-9,12H,1-3H3,(H,18,19)/t12-/m1/s1. The van der Waals surface area contributed by atoms with Gasteiger partial charge < -0.3 is 9.72 Å². The molecule has 23 heavy (non-hydrogen) atoms. The van der Waals surface area contributed by atoms with Crippen molar-refractivity contribution >= 4 is 16.7 Å². The Hall–Kier alpha value is -2.89. The van der Waals surface area contributed by atoms with Gasteiger partial charge in [0.1, 0.15) is 11.6 Å². The van der Waals surface area contributed by atoms with Gasteiger partial charge in [0.15, 0.2) is 6.10 Å². The van der Waals surface area contributed by atoms with E-state index in [2.05, 4.69) is 16.0 Å². The van der Waals surface area contributed by atoms with E-state index in [0.29, 0.717) is 16.9 Å². The fraction of sp³-hybridized carbons (Fsp3) is 0.235. The first-order valence-electron chi connectivity index (χ1n) is 7.31. The molecule has 3 aromatic rings. The van der Waals surface area contributed by atoms with Gasteiger partial charge in [0, 0.05) is 12.1 Å². The Bertz CT molecular complexity index is 866. The summed E-state index contributed by atoms with van der Waals surface area (Å²) in [5.41, 5.74) is 3.61. The van der Waals surface area contributed by atoms with Crippen molar-refractivity contribution in [3.05, 3.63) is 63.5 Å². The van der Waals surface area contributed by atoms with Crippen molar-refractivity contribution in [2.24, 2.45) is 0 Å². The average Bonchev–Trinajstić information content (AvgIpc) is 2.89. The van der Waals surface area contributed by atoms with E-state index in [1.54, 1.807) is 6.07 Å². The molecule has 2 aromatic carbocycles. The molecule has 0 saturated carbocycles. The first kappa shape index (κ1) is 15.0. The number of aromatic nitrogens is 2. The lowest BCUT2D eigenvalue weighted by Gasteiger charge is -2.13. The zero-order chi connectivity index (χ0) is 16.6. The first-order valence-corrected chi connectivity index (χ1v) is 7.31. The van der Waals surface area contributed by atoms with Crippen LogP contribution in [0.2, 0.25) is 0 Å². The number of nitrogens with zero attached hydrogens (tertiary/aromatic N) is 2. The maximum Gasteiger partial charge on any atom is 0.271 e. The van der Waals surface area contributed by atoms with Crippen LogP contribution in [0, 0.1) is 24.0 Å². The fourth-order valence-electron chi connectivity index (χ4n) is 2.58. The maximum absolute atomic E-state index is 10.8. The molecule has 1 N–H and O–H groups in total. The fourth-order valence-corrected chi connectivity index (χ4v) is 2.58. The summed E-state index contributed by atoms with van der Waals surface area (Å²) in [5, 5.41) is 10.8. The van der Waals surface area contributed by atoms with Crippen LogP contribution >= 0.6 is 0 Å². The lowest BCUT2D eigenvalue weighted by atomic mass is 10.1. The zero-order valence-electron chi connectivity index (χ0n) is 13.2. The highest BCUT2D eigenvalue weighted by Crippen LogP contribution is 2.25. The van der Waals surface area contributed by atoms with Crippen molar-refractivity contribution in [3.8, 4) is 5.75 Å². The molecular weight excluding hydrogens is 294 g/mol. The lowest BCUT2D eigenvalue weighted by Crippen LogP contribution is -2.05. The SMILES string of the molecule is Cc1cc(C)cc(O[C@H](C)c2nc3ccc([N+](=O)[O-])cc3[nH]2)c1. The van der Waals surface area contributed by atoms with E-state index in [9.17, 15) is 10.1 Å². The van der Waals surface area contributed by atoms with Crippen LogP contribution < -0.4 is 4.74 Å². The Morgan fingerprint density at radius 3 is 2.52 bits per heavy atom. The van der Waals surface area contributed by atoms with Crippen LogP contribution in [-0.2, 0) is 0 Å². The number of aryl methyl sites for hydroxylation is 2. The van der Waals surface area contributed by atoms with Gasteiger partial charge in [-0.05, 0) is 50.1 Å². The number of fused-ring (bicyclic) bond motifs is 1. The molecule has 0 radical (unpaired) electrons. The van der Waals surface area contributed by atoms with Crippen LogP contribution in [0.25, 0.3) is 11.0 Å². The monoisotopic (exact) mass is 311 g/mol. The summed E-state index contributed by atoms with van der Waals surface area (Å²) < 4.78 is 5.94. The number of H-pyrrole nitrogens is 1. The molecule has 0 bridgehead atoms. The van der Waals surface area contributed by atoms with Crippen LogP contribution in [0.5, 0.6) is 5.75 Å². The molecule has 0 unspecified atom stereocenters. The molecule has 3 rings (SSSR count). The van der Waals surface area contributed by atoms with Crippen molar-refractivity contribution in [1.82, 2.24) is 9.97 Å². The van der Waals surface area contributed by atoms with Gasteiger partial charge in [0.2, 0.25) is 0 Å². The van der Waals surface area contributed by atoms with Crippen LogP contribution in [0.4, 0.5) is 5.69 Å². The van der Waals surface area contributed by atoms with Crippen LogP contribution in [0.1, 0.15) is 30.0 Å². The number of nitro groups is 1. The smallest absolute Gasteiger partial charge is 0.271 e. The van der Waals surface area contributed by atoms with Gasteiger partial charge in [-0.15, -0.1) is 0 Å². The van der Waals surface area contributed by atoms with E-state index in [0.717, 1.165) is 16.9 Å². The molecule has 6 heteroatoms. The minimum atomic E-state index is -0.421. The van der Waals surface area contributed by atoms with E-state index in [1.807, 2.05) is 32.9 Å². The van der Waals surface area contributed by atoms with E-state index in [4.69, 9.17) is 4.74 Å². The summed E-state index contributed by atoms with van der Waals surface area (Å²) in [5.74, 6) is 1.42. The van der Waals surface area contributed by atoms with Crippen LogP contribution in [0.15, 0.2) is 36.4 Å². The van der Waals surface area contributed by atoms with Crippen molar-refractivity contribution in [1.29, 1.82) is 0 Å². The molecule has 0 aliphatic rings. The molecule has 0 saturated heterocycles. The Balaban J connectivity index is 1.88. The number of rotatable bonds is 4. The number of nitro benzene ring substituents is 1. The minimum absolute atomic E-state index is 0.0376. The van der Waals surface area contributed by atoms with Crippen molar-refractivity contribution in [3.63, 3.8) is 0 Å². The van der Waals surface area contributed by atoms with Gasteiger partial charge in [0.25, 0.3) is 5.69 Å². The van der Waals surface area contributed by atoms with Crippen molar-refractivity contribution in [2.45, 2.75) is 26.9 Å². The highest BCUT2D eigenvalue weighted by Gasteiger charge is 2.15. The highest BCUT2D eigenvalue weighted by molar-refractivity contribution is 5.77. The molecule has 0 aliphatic carbocycles. The number of benzene rings is 2. The second kappa shape index (κ2) is 5.72. The van der Waals surface area contributed by atoms with Gasteiger partial charge in [-0.25, -0.2) is 4.98 Å². The van der Waals surface area contributed by atoms with E-state index < -0.39 is 4.92 Å². The zero-order valence-corrected chi connectivity index (χ0v) is 13.2. The normalized spacial score (nSPS) is 12.3. The van der Waals surface area contributed by atoms with Crippen LogP contribution in [0.3, 0.4) is 0 Å². The lowest BCUT2D eigenvalue weighted by molar-refractivity contribution is -0.384. The molecule has 118 valence electrons. The highest BCUT2D eigenvalue weighted by atomic mass is 16.6. The largest absolute Gasteiger partial charge is 0.483 e. The molecule has 0 fully saturated rings. The summed E-state index contributed by atoms with van der Waals surface area (Å²) in [4.78, 5) is 18.0. The van der Waals surface area contributed by atoms with E-state index in [-0.39, 0.29) is 11.8 Å². The number of aromatic amines is 1. The maximum atomic E-state index is 10.8. The molecule has 0 spiro atoms. The summed E-state index contributed by atoms with van der Waals surface area (Å²) in [7, 11) is 0. The molecule has 1 aromatic heterocycles. The second-order valence-corrected chi connectivity index (χ2v) is 5.66. The summed E-state index contributed by atoms with van der Waals surface area (Å²) in [6.07, 6.45) is -0.289. The number of imidazole rings is 1. The molecule has 0 aliphatic heterocycles. The van der Waals surface area contributed by atoms with Crippen LogP contribution in [-0.4, -0.2) is 14.9 Å². The third kappa shape index (κ3) is 3.15. The summed E-state index contributed by atoms with van der Waals surface area (Å²) in [6, 6.07) is 10.6. The predicted molar refractivity (Wildman–Crippen MR) is 87.7 cm³/mol. The van der Waals surface area contributed by atoms with Gasteiger partial charge in [-0.2, -0.15) is 0 Å². The Morgan fingerprint density at radius 2 is 1.87 bits per heavy atom. The van der Waals surface area contributed by atoms with Crippen molar-refractivity contribution in [2.75, 3.05) is 0 Å². The summed E-state index contributed by atoms with van der Waals surface area (Å²) >= 11 is 0. The quantitative estimate of drug-likeness (QED) is 0.577. The Labute approximate surface area is 133 Å². The first-order chi connectivity index (χ1) is 10.9. The number of nitrogens with one attached hydrogen (secondary N) is 1. The number of hydrogen-bond acceptors (Lipinski definition) is 4. The number of hydrogen-bond donors (Lipinski definition) is 1. The van der Waals surface area contributed by atoms with E-state index >= 15 is 0 Å². The second-order valence-electron chi connectivity index (χ2n) is 5.66. The number of non-ortho nitro benzene ring substituents is 1. The number of ether oxygens (including phenoxy) is 1. The molecule has 0 amide bonds. The average molecular weight is 311 g/mol. The summed E-state index contributed by atoms with van der Waals surface area (Å²) in [6.45, 7) is 5.93. The van der Waals surface area contributed by atoms with Gasteiger partial charge >= 0.3 is 0 Å². The van der Waals surface area contributed by atoms with Crippen molar-refractivity contribution < 1.29 is 9.66 Å². The Kier molecular flexibility index (Phi) is 3.73. The predicted octanol–water partition coefficient (Wildman–Crippen LogP) is 4.23. The minimum Gasteiger partial charge on any atom is -0.483 e. The molecule has 1 heterocycles. The topological polar surface area (TPSA) is 81.1 Å². The molecule has 1 atom stereocenters.